The van der Waals surface area contributed by atoms with Gasteiger partial charge in [-0.3, -0.25) is 0 Å². The normalized spacial score (nSPS) is 11.4. The third-order valence-corrected chi connectivity index (χ3v) is 4.14. The topological polar surface area (TPSA) is 52.6 Å². The summed E-state index contributed by atoms with van der Waals surface area (Å²) in [6, 6.07) is 11.5. The Morgan fingerprint density at radius 3 is 2.57 bits per heavy atom. The van der Waals surface area contributed by atoms with E-state index < -0.39 is 11.9 Å². The fourth-order valence-corrected chi connectivity index (χ4v) is 2.68. The van der Waals surface area contributed by atoms with Crippen LogP contribution in [0.15, 0.2) is 79.4 Å². The number of allylic oxidation sites excluding steroid dienone is 3. The lowest BCUT2D eigenvalue weighted by atomic mass is 10.0. The van der Waals surface area contributed by atoms with Crippen molar-refractivity contribution in [1.29, 1.82) is 0 Å². The van der Waals surface area contributed by atoms with Crippen LogP contribution >= 0.6 is 0 Å². The van der Waals surface area contributed by atoms with E-state index in [0.29, 0.717) is 12.4 Å². The van der Waals surface area contributed by atoms with Gasteiger partial charge in [-0.2, -0.15) is 0 Å². The molecule has 28 heavy (non-hydrogen) atoms. The van der Waals surface area contributed by atoms with Gasteiger partial charge >= 0.3 is 11.9 Å². The van der Waals surface area contributed by atoms with Gasteiger partial charge in [0, 0.05) is 12.2 Å². The number of hydrogen-bond donors (Lipinski definition) is 0. The number of fused-ring (bicyclic) bond motifs is 1. The predicted octanol–water partition coefficient (Wildman–Crippen LogP) is 5.40. The van der Waals surface area contributed by atoms with E-state index >= 15 is 0 Å². The van der Waals surface area contributed by atoms with Crippen LogP contribution in [0.3, 0.4) is 0 Å². The fourth-order valence-electron chi connectivity index (χ4n) is 2.68. The van der Waals surface area contributed by atoms with Crippen molar-refractivity contribution in [2.24, 2.45) is 0 Å². The number of ether oxygens (including phenoxy) is 2. The summed E-state index contributed by atoms with van der Waals surface area (Å²) < 4.78 is 10.2. The van der Waals surface area contributed by atoms with Crippen LogP contribution in [0.2, 0.25) is 0 Å². The van der Waals surface area contributed by atoms with E-state index in [1.54, 1.807) is 6.07 Å². The predicted molar refractivity (Wildman–Crippen MR) is 113 cm³/mol. The maximum Gasteiger partial charge on any atom is 0.335 e. The average molecular weight is 376 g/mol. The van der Waals surface area contributed by atoms with E-state index in [9.17, 15) is 9.59 Å². The monoisotopic (exact) mass is 376 g/mol. The largest absolute Gasteiger partial charge is 0.463 e. The van der Waals surface area contributed by atoms with Crippen LogP contribution in [0.4, 0.5) is 0 Å². The van der Waals surface area contributed by atoms with E-state index in [2.05, 4.69) is 25.3 Å². The van der Waals surface area contributed by atoms with Crippen LogP contribution in [0.25, 0.3) is 16.8 Å². The van der Waals surface area contributed by atoms with Gasteiger partial charge in [0.05, 0.1) is 6.61 Å². The standard InChI is InChI=1S/C24H24O4/c1-4-18(9-8-16-27-23(25)5-2)12-13-19-10-7-11-20-17-21(14-15-22(19)20)28-24(26)6-3/h4-7,10-15,17H,2-3,8-9,16H2,1H3/b13-12-,18-4-. The lowest BCUT2D eigenvalue weighted by Crippen LogP contribution is -2.02. The quantitative estimate of drug-likeness (QED) is 0.193. The Bertz CT molecular complexity index is 935. The molecule has 0 amide bonds. The van der Waals surface area contributed by atoms with Crippen molar-refractivity contribution in [2.45, 2.75) is 19.8 Å². The Kier molecular flexibility index (Phi) is 7.97. The Balaban J connectivity index is 2.09. The summed E-state index contributed by atoms with van der Waals surface area (Å²) in [6.07, 6.45) is 10.0. The minimum Gasteiger partial charge on any atom is -0.463 e. The molecule has 2 aromatic carbocycles. The Hall–Kier alpha value is -3.40. The molecule has 0 N–H and O–H groups in total. The number of carbonyl (C=O) groups is 2. The summed E-state index contributed by atoms with van der Waals surface area (Å²) in [5.74, 6) is -0.389. The van der Waals surface area contributed by atoms with Crippen LogP contribution in [0, 0.1) is 0 Å². The smallest absolute Gasteiger partial charge is 0.335 e. The molecule has 0 heterocycles. The van der Waals surface area contributed by atoms with Gasteiger partial charge in [-0.05, 0) is 48.2 Å². The van der Waals surface area contributed by atoms with Crippen LogP contribution in [0.1, 0.15) is 25.3 Å². The zero-order valence-electron chi connectivity index (χ0n) is 16.0. The van der Waals surface area contributed by atoms with Crippen molar-refractivity contribution in [3.05, 3.63) is 85.0 Å². The van der Waals surface area contributed by atoms with Crippen LogP contribution in [0.5, 0.6) is 5.75 Å². The number of rotatable bonds is 9. The van der Waals surface area contributed by atoms with E-state index in [4.69, 9.17) is 9.47 Å². The Morgan fingerprint density at radius 1 is 1.07 bits per heavy atom. The van der Waals surface area contributed by atoms with E-state index in [-0.39, 0.29) is 0 Å². The molecule has 0 aromatic heterocycles. The molecule has 4 nitrogen and oxygen atoms in total. The first-order valence-electron chi connectivity index (χ1n) is 9.07. The molecule has 0 aliphatic heterocycles. The summed E-state index contributed by atoms with van der Waals surface area (Å²) in [7, 11) is 0. The highest BCUT2D eigenvalue weighted by molar-refractivity contribution is 5.92. The first kappa shape index (κ1) is 20.9. The lowest BCUT2D eigenvalue weighted by Gasteiger charge is -2.07. The van der Waals surface area contributed by atoms with Crippen molar-refractivity contribution in [2.75, 3.05) is 6.61 Å². The first-order chi connectivity index (χ1) is 13.6. The fraction of sp³-hybridized carbons (Fsp3) is 0.167. The molecule has 0 unspecified atom stereocenters. The maximum atomic E-state index is 11.4. The molecule has 0 aliphatic carbocycles. The molecular weight excluding hydrogens is 352 g/mol. The second kappa shape index (κ2) is 10.7. The zero-order valence-corrected chi connectivity index (χ0v) is 16.0. The van der Waals surface area contributed by atoms with Crippen molar-refractivity contribution < 1.29 is 19.1 Å². The van der Waals surface area contributed by atoms with Crippen LogP contribution < -0.4 is 4.74 Å². The summed E-state index contributed by atoms with van der Waals surface area (Å²) >= 11 is 0. The van der Waals surface area contributed by atoms with Crippen molar-refractivity contribution in [3.63, 3.8) is 0 Å². The molecule has 4 heteroatoms. The number of carbonyl (C=O) groups excluding carboxylic acids is 2. The molecule has 144 valence electrons. The van der Waals surface area contributed by atoms with Crippen molar-refractivity contribution in [1.82, 2.24) is 0 Å². The molecule has 0 saturated carbocycles. The molecular formula is C24H24O4. The van der Waals surface area contributed by atoms with Gasteiger partial charge in [0.1, 0.15) is 5.75 Å². The van der Waals surface area contributed by atoms with E-state index in [0.717, 1.165) is 40.8 Å². The highest BCUT2D eigenvalue weighted by Gasteiger charge is 2.04. The number of hydrogen-bond acceptors (Lipinski definition) is 4. The first-order valence-corrected chi connectivity index (χ1v) is 9.07. The van der Waals surface area contributed by atoms with Crippen molar-refractivity contribution >= 4 is 28.8 Å². The van der Waals surface area contributed by atoms with Gasteiger partial charge in [-0.1, -0.05) is 61.2 Å². The lowest BCUT2D eigenvalue weighted by molar-refractivity contribution is -0.137. The highest BCUT2D eigenvalue weighted by atomic mass is 16.5. The van der Waals surface area contributed by atoms with E-state index in [1.807, 2.05) is 43.3 Å². The van der Waals surface area contributed by atoms with Crippen LogP contribution in [-0.4, -0.2) is 18.5 Å². The molecule has 0 aliphatic rings. The zero-order chi connectivity index (χ0) is 20.4. The number of benzene rings is 2. The number of esters is 2. The highest BCUT2D eigenvalue weighted by Crippen LogP contribution is 2.25. The third kappa shape index (κ3) is 6.09. The van der Waals surface area contributed by atoms with Gasteiger partial charge < -0.3 is 9.47 Å². The van der Waals surface area contributed by atoms with E-state index in [1.165, 1.54) is 6.08 Å². The maximum absolute atomic E-state index is 11.4. The summed E-state index contributed by atoms with van der Waals surface area (Å²) in [5.41, 5.74) is 2.22. The summed E-state index contributed by atoms with van der Waals surface area (Å²) in [5, 5.41) is 2.04. The van der Waals surface area contributed by atoms with Gasteiger partial charge in [-0.15, -0.1) is 0 Å². The molecule has 0 spiro atoms. The Morgan fingerprint density at radius 2 is 1.86 bits per heavy atom. The summed E-state index contributed by atoms with van der Waals surface area (Å²) in [4.78, 5) is 22.4. The molecule has 0 radical (unpaired) electrons. The SMILES string of the molecule is C=CC(=O)OCCCC(/C=C\c1cccc2cc(OC(=O)C=C)ccc12)=C/C. The van der Waals surface area contributed by atoms with Crippen molar-refractivity contribution in [3.8, 4) is 5.75 Å². The third-order valence-electron chi connectivity index (χ3n) is 4.14. The van der Waals surface area contributed by atoms with Gasteiger partial charge in [0.25, 0.3) is 0 Å². The molecule has 0 saturated heterocycles. The molecule has 0 fully saturated rings. The molecule has 2 aromatic rings. The van der Waals surface area contributed by atoms with Gasteiger partial charge in [0.15, 0.2) is 0 Å². The summed E-state index contributed by atoms with van der Waals surface area (Å²) in [6.45, 7) is 9.14. The van der Waals surface area contributed by atoms with Gasteiger partial charge in [-0.25, -0.2) is 9.59 Å². The molecule has 0 atom stereocenters. The minimum absolute atomic E-state index is 0.372. The Labute approximate surface area is 165 Å². The average Bonchev–Trinajstić information content (AvgIpc) is 2.72. The molecule has 2 rings (SSSR count). The van der Waals surface area contributed by atoms with Gasteiger partial charge in [0.2, 0.25) is 0 Å². The van der Waals surface area contributed by atoms with Crippen LogP contribution in [-0.2, 0) is 14.3 Å². The molecule has 0 bridgehead atoms. The second-order valence-electron chi connectivity index (χ2n) is 6.03. The minimum atomic E-state index is -0.480. The second-order valence-corrected chi connectivity index (χ2v) is 6.03.